The molecule has 1 aromatic heterocycles. The standard InChI is InChI=1S/C18H27N5O4/c1-5-6-7-23-17(19-20-21-23)12-22(13-18(24)27-4)11-14-8-15(25-2)10-16(9-14)26-3/h8-10H,5-7,11-13H2,1-4H3. The van der Waals surface area contributed by atoms with Crippen LogP contribution in [0.2, 0.25) is 0 Å². The highest BCUT2D eigenvalue weighted by atomic mass is 16.5. The van der Waals surface area contributed by atoms with Crippen molar-refractivity contribution in [2.24, 2.45) is 0 Å². The van der Waals surface area contributed by atoms with Gasteiger partial charge in [0.05, 0.1) is 34.4 Å². The maximum atomic E-state index is 11.9. The summed E-state index contributed by atoms with van der Waals surface area (Å²) in [6, 6.07) is 5.62. The highest BCUT2D eigenvalue weighted by molar-refractivity contribution is 5.71. The lowest BCUT2D eigenvalue weighted by Gasteiger charge is -2.21. The zero-order valence-corrected chi connectivity index (χ0v) is 16.3. The van der Waals surface area contributed by atoms with Crippen molar-refractivity contribution in [2.45, 2.75) is 39.4 Å². The molecule has 0 spiro atoms. The number of aromatic nitrogens is 4. The predicted molar refractivity (Wildman–Crippen MR) is 98.4 cm³/mol. The molecule has 0 N–H and O–H groups in total. The molecule has 0 saturated carbocycles. The molecule has 9 nitrogen and oxygen atoms in total. The third-order valence-corrected chi connectivity index (χ3v) is 4.09. The van der Waals surface area contributed by atoms with Crippen molar-refractivity contribution < 1.29 is 19.0 Å². The van der Waals surface area contributed by atoms with Crippen molar-refractivity contribution in [2.75, 3.05) is 27.9 Å². The minimum atomic E-state index is -0.322. The Morgan fingerprint density at radius 1 is 1.11 bits per heavy atom. The number of carbonyl (C=O) groups excluding carboxylic acids is 1. The third-order valence-electron chi connectivity index (χ3n) is 4.09. The van der Waals surface area contributed by atoms with Crippen LogP contribution in [0.15, 0.2) is 18.2 Å². The van der Waals surface area contributed by atoms with Crippen molar-refractivity contribution in [1.82, 2.24) is 25.1 Å². The van der Waals surface area contributed by atoms with Gasteiger partial charge in [-0.05, 0) is 34.5 Å². The molecular weight excluding hydrogens is 350 g/mol. The van der Waals surface area contributed by atoms with E-state index in [1.54, 1.807) is 25.0 Å². The van der Waals surface area contributed by atoms with Crippen LogP contribution in [-0.4, -0.2) is 59.0 Å². The summed E-state index contributed by atoms with van der Waals surface area (Å²) in [5, 5.41) is 11.9. The van der Waals surface area contributed by atoms with Crippen LogP contribution in [0.25, 0.3) is 0 Å². The monoisotopic (exact) mass is 377 g/mol. The Balaban J connectivity index is 2.20. The predicted octanol–water partition coefficient (Wildman–Crippen LogP) is 1.67. The molecule has 0 fully saturated rings. The summed E-state index contributed by atoms with van der Waals surface area (Å²) in [7, 11) is 4.58. The van der Waals surface area contributed by atoms with E-state index in [0.717, 1.165) is 24.9 Å². The molecule has 2 rings (SSSR count). The Bertz CT molecular complexity index is 712. The summed E-state index contributed by atoms with van der Waals surface area (Å²) >= 11 is 0. The minimum absolute atomic E-state index is 0.122. The molecule has 0 aliphatic rings. The van der Waals surface area contributed by atoms with Crippen molar-refractivity contribution in [3.8, 4) is 11.5 Å². The van der Waals surface area contributed by atoms with Gasteiger partial charge in [0, 0.05) is 19.2 Å². The molecule has 0 bridgehead atoms. The van der Waals surface area contributed by atoms with Crippen molar-refractivity contribution in [3.05, 3.63) is 29.6 Å². The molecule has 27 heavy (non-hydrogen) atoms. The zero-order chi connectivity index (χ0) is 19.6. The number of ether oxygens (including phenoxy) is 3. The largest absolute Gasteiger partial charge is 0.497 e. The molecular formula is C18H27N5O4. The number of methoxy groups -OCH3 is 3. The molecule has 0 saturated heterocycles. The SMILES string of the molecule is CCCCn1nnnc1CN(CC(=O)OC)Cc1cc(OC)cc(OC)c1. The number of hydrogen-bond donors (Lipinski definition) is 0. The van der Waals surface area contributed by atoms with Gasteiger partial charge < -0.3 is 14.2 Å². The van der Waals surface area contributed by atoms with Gasteiger partial charge in [-0.3, -0.25) is 9.69 Å². The number of rotatable bonds is 11. The topological polar surface area (TPSA) is 91.6 Å². The molecule has 1 heterocycles. The molecule has 0 unspecified atom stereocenters. The van der Waals surface area contributed by atoms with Crippen molar-refractivity contribution in [3.63, 3.8) is 0 Å². The molecule has 0 aliphatic carbocycles. The van der Waals surface area contributed by atoms with Gasteiger partial charge in [-0.15, -0.1) is 5.10 Å². The average Bonchev–Trinajstić information content (AvgIpc) is 3.12. The smallest absolute Gasteiger partial charge is 0.319 e. The van der Waals surface area contributed by atoms with Crippen LogP contribution in [0, 0.1) is 0 Å². The van der Waals surface area contributed by atoms with E-state index in [9.17, 15) is 4.79 Å². The summed E-state index contributed by atoms with van der Waals surface area (Å²) in [5.41, 5.74) is 0.947. The van der Waals surface area contributed by atoms with E-state index < -0.39 is 0 Å². The van der Waals surface area contributed by atoms with E-state index in [4.69, 9.17) is 14.2 Å². The van der Waals surface area contributed by atoms with E-state index in [2.05, 4.69) is 22.4 Å². The lowest BCUT2D eigenvalue weighted by Crippen LogP contribution is -2.31. The third kappa shape index (κ3) is 6.21. The summed E-state index contributed by atoms with van der Waals surface area (Å²) in [5.74, 6) is 1.77. The maximum Gasteiger partial charge on any atom is 0.319 e. The number of tetrazole rings is 1. The highest BCUT2D eigenvalue weighted by Crippen LogP contribution is 2.23. The van der Waals surface area contributed by atoms with Gasteiger partial charge in [-0.25, -0.2) is 4.68 Å². The number of carbonyl (C=O) groups is 1. The quantitative estimate of drug-likeness (QED) is 0.546. The van der Waals surface area contributed by atoms with Crippen LogP contribution >= 0.6 is 0 Å². The van der Waals surface area contributed by atoms with Crippen molar-refractivity contribution >= 4 is 5.97 Å². The molecule has 1 aromatic carbocycles. The summed E-state index contributed by atoms with van der Waals surface area (Å²) in [6.07, 6.45) is 2.04. The molecule has 9 heteroatoms. The van der Waals surface area contributed by atoms with Crippen molar-refractivity contribution in [1.29, 1.82) is 0 Å². The first-order valence-corrected chi connectivity index (χ1v) is 8.85. The summed E-state index contributed by atoms with van der Waals surface area (Å²) in [4.78, 5) is 13.8. The van der Waals surface area contributed by atoms with Gasteiger partial charge in [-0.1, -0.05) is 13.3 Å². The van der Waals surface area contributed by atoms with Gasteiger partial charge in [0.1, 0.15) is 11.5 Å². The van der Waals surface area contributed by atoms with E-state index in [-0.39, 0.29) is 12.5 Å². The van der Waals surface area contributed by atoms with Crippen LogP contribution in [0.5, 0.6) is 11.5 Å². The lowest BCUT2D eigenvalue weighted by atomic mass is 10.2. The van der Waals surface area contributed by atoms with E-state index in [0.29, 0.717) is 30.4 Å². The minimum Gasteiger partial charge on any atom is -0.497 e. The Labute approximate surface area is 159 Å². The average molecular weight is 377 g/mol. The van der Waals surface area contributed by atoms with Crippen LogP contribution in [-0.2, 0) is 29.2 Å². The lowest BCUT2D eigenvalue weighted by molar-refractivity contribution is -0.142. The van der Waals surface area contributed by atoms with Gasteiger partial charge in [0.15, 0.2) is 5.82 Å². The second kappa shape index (κ2) is 10.5. The fourth-order valence-corrected chi connectivity index (χ4v) is 2.65. The fourth-order valence-electron chi connectivity index (χ4n) is 2.65. The van der Waals surface area contributed by atoms with Gasteiger partial charge in [-0.2, -0.15) is 0 Å². The summed E-state index contributed by atoms with van der Waals surface area (Å²) in [6.45, 7) is 3.90. The Morgan fingerprint density at radius 2 is 1.81 bits per heavy atom. The van der Waals surface area contributed by atoms with E-state index in [1.807, 2.05) is 17.0 Å². The Kier molecular flexibility index (Phi) is 8.00. The molecule has 0 aliphatic heterocycles. The fraction of sp³-hybridized carbons (Fsp3) is 0.556. The second-order valence-electron chi connectivity index (χ2n) is 6.11. The Morgan fingerprint density at radius 3 is 2.41 bits per heavy atom. The van der Waals surface area contributed by atoms with Gasteiger partial charge in [0.25, 0.3) is 0 Å². The van der Waals surface area contributed by atoms with Gasteiger partial charge >= 0.3 is 5.97 Å². The molecule has 2 aromatic rings. The number of unbranched alkanes of at least 4 members (excludes halogenated alkanes) is 1. The van der Waals surface area contributed by atoms with Gasteiger partial charge in [0.2, 0.25) is 0 Å². The number of esters is 1. The first-order valence-electron chi connectivity index (χ1n) is 8.85. The second-order valence-corrected chi connectivity index (χ2v) is 6.11. The number of benzene rings is 1. The number of aryl methyl sites for hydroxylation is 1. The summed E-state index contributed by atoms with van der Waals surface area (Å²) < 4.78 is 17.3. The molecule has 0 radical (unpaired) electrons. The van der Waals surface area contributed by atoms with Crippen LogP contribution in [0.4, 0.5) is 0 Å². The van der Waals surface area contributed by atoms with E-state index >= 15 is 0 Å². The molecule has 0 amide bonds. The number of nitrogens with zero attached hydrogens (tertiary/aromatic N) is 5. The van der Waals surface area contributed by atoms with E-state index in [1.165, 1.54) is 7.11 Å². The first kappa shape index (κ1) is 20.6. The van der Waals surface area contributed by atoms with Crippen LogP contribution < -0.4 is 9.47 Å². The number of hydrogen-bond acceptors (Lipinski definition) is 8. The molecule has 0 atom stereocenters. The maximum absolute atomic E-state index is 11.9. The van der Waals surface area contributed by atoms with Crippen LogP contribution in [0.3, 0.4) is 0 Å². The molecule has 148 valence electrons. The first-order chi connectivity index (χ1) is 13.1. The highest BCUT2D eigenvalue weighted by Gasteiger charge is 2.17. The Hall–Kier alpha value is -2.68. The van der Waals surface area contributed by atoms with Crippen LogP contribution in [0.1, 0.15) is 31.2 Å². The normalized spacial score (nSPS) is 10.9. The zero-order valence-electron chi connectivity index (χ0n) is 16.3.